The second kappa shape index (κ2) is 5.42. The van der Waals surface area contributed by atoms with Gasteiger partial charge in [-0.1, -0.05) is 5.16 Å². The van der Waals surface area contributed by atoms with Gasteiger partial charge in [-0.15, -0.1) is 0 Å². The summed E-state index contributed by atoms with van der Waals surface area (Å²) in [5.74, 6) is 0.757. The fourth-order valence-corrected chi connectivity index (χ4v) is 2.27. The average Bonchev–Trinajstić information content (AvgIpc) is 2.94. The highest BCUT2D eigenvalue weighted by molar-refractivity contribution is 5.67. The van der Waals surface area contributed by atoms with E-state index in [1.54, 1.807) is 11.9 Å². The van der Waals surface area contributed by atoms with E-state index in [9.17, 15) is 4.79 Å². The molecule has 0 bridgehead atoms. The molecule has 0 saturated heterocycles. The number of amides is 1. The zero-order valence-corrected chi connectivity index (χ0v) is 11.2. The van der Waals surface area contributed by atoms with Crippen molar-refractivity contribution in [2.45, 2.75) is 52.2 Å². The molecule has 0 aromatic carbocycles. The van der Waals surface area contributed by atoms with Crippen LogP contribution in [0, 0.1) is 13.8 Å². The monoisotopic (exact) mass is 252 g/mol. The maximum Gasteiger partial charge on any atom is 0.410 e. The minimum Gasteiger partial charge on any atom is -0.446 e. The van der Waals surface area contributed by atoms with E-state index in [1.165, 1.54) is 0 Å². The predicted octanol–water partition coefficient (Wildman–Crippen LogP) is 2.80. The van der Waals surface area contributed by atoms with E-state index in [-0.39, 0.29) is 12.2 Å². The van der Waals surface area contributed by atoms with Gasteiger partial charge in [-0.3, -0.25) is 0 Å². The Hall–Kier alpha value is -1.52. The van der Waals surface area contributed by atoms with E-state index in [4.69, 9.17) is 9.26 Å². The Morgan fingerprint density at radius 3 is 2.67 bits per heavy atom. The smallest absolute Gasteiger partial charge is 0.410 e. The second-order valence-corrected chi connectivity index (χ2v) is 4.95. The van der Waals surface area contributed by atoms with Crippen molar-refractivity contribution in [1.29, 1.82) is 0 Å². The summed E-state index contributed by atoms with van der Waals surface area (Å²) in [6, 6.07) is 0. The lowest BCUT2D eigenvalue weighted by molar-refractivity contribution is 0.0701. The highest BCUT2D eigenvalue weighted by Crippen LogP contribution is 2.22. The van der Waals surface area contributed by atoms with Crippen LogP contribution in [0.5, 0.6) is 0 Å². The van der Waals surface area contributed by atoms with E-state index < -0.39 is 0 Å². The Bertz CT molecular complexity index is 402. The summed E-state index contributed by atoms with van der Waals surface area (Å²) >= 11 is 0. The standard InChI is InChI=1S/C13H20N2O3/c1-9-12(10(2)18-14-9)8-15(3)13(16)17-11-6-4-5-7-11/h11H,4-8H2,1-3H3. The Morgan fingerprint density at radius 1 is 1.44 bits per heavy atom. The minimum absolute atomic E-state index is 0.101. The molecule has 1 aliphatic carbocycles. The van der Waals surface area contributed by atoms with Crippen LogP contribution in [-0.4, -0.2) is 29.3 Å². The first-order chi connectivity index (χ1) is 8.58. The van der Waals surface area contributed by atoms with Crippen LogP contribution in [-0.2, 0) is 11.3 Å². The van der Waals surface area contributed by atoms with Gasteiger partial charge in [0.05, 0.1) is 12.2 Å². The van der Waals surface area contributed by atoms with Gasteiger partial charge in [0.15, 0.2) is 0 Å². The molecule has 100 valence electrons. The predicted molar refractivity (Wildman–Crippen MR) is 66.2 cm³/mol. The lowest BCUT2D eigenvalue weighted by Crippen LogP contribution is -2.30. The van der Waals surface area contributed by atoms with Crippen molar-refractivity contribution in [3.05, 3.63) is 17.0 Å². The number of ether oxygens (including phenoxy) is 1. The highest BCUT2D eigenvalue weighted by Gasteiger charge is 2.22. The lowest BCUT2D eigenvalue weighted by Gasteiger charge is -2.19. The third kappa shape index (κ3) is 2.83. The van der Waals surface area contributed by atoms with Gasteiger partial charge in [0, 0.05) is 12.6 Å². The van der Waals surface area contributed by atoms with Crippen molar-refractivity contribution in [1.82, 2.24) is 10.1 Å². The molecule has 1 heterocycles. The van der Waals surface area contributed by atoms with Gasteiger partial charge in [0.2, 0.25) is 0 Å². The molecule has 1 amide bonds. The van der Waals surface area contributed by atoms with Crippen LogP contribution in [0.25, 0.3) is 0 Å². The van der Waals surface area contributed by atoms with Gasteiger partial charge >= 0.3 is 6.09 Å². The number of nitrogens with zero attached hydrogens (tertiary/aromatic N) is 2. The zero-order valence-electron chi connectivity index (χ0n) is 11.2. The van der Waals surface area contributed by atoms with Crippen molar-refractivity contribution < 1.29 is 14.1 Å². The van der Waals surface area contributed by atoms with Gasteiger partial charge in [-0.2, -0.15) is 0 Å². The summed E-state index contributed by atoms with van der Waals surface area (Å²) in [5, 5.41) is 3.88. The summed E-state index contributed by atoms with van der Waals surface area (Å²) in [6.07, 6.45) is 4.14. The Balaban J connectivity index is 1.90. The van der Waals surface area contributed by atoms with Crippen molar-refractivity contribution in [3.63, 3.8) is 0 Å². The van der Waals surface area contributed by atoms with E-state index in [2.05, 4.69) is 5.16 Å². The fraction of sp³-hybridized carbons (Fsp3) is 0.692. The molecule has 0 atom stereocenters. The van der Waals surface area contributed by atoms with Crippen LogP contribution in [0.15, 0.2) is 4.52 Å². The summed E-state index contributed by atoms with van der Waals surface area (Å²) < 4.78 is 10.5. The van der Waals surface area contributed by atoms with Crippen LogP contribution in [0.4, 0.5) is 4.79 Å². The first-order valence-corrected chi connectivity index (χ1v) is 6.41. The molecule has 1 fully saturated rings. The van der Waals surface area contributed by atoms with Crippen LogP contribution in [0.3, 0.4) is 0 Å². The molecule has 5 nitrogen and oxygen atoms in total. The highest BCUT2D eigenvalue weighted by atomic mass is 16.6. The molecule has 0 N–H and O–H groups in total. The summed E-state index contributed by atoms with van der Waals surface area (Å²) in [7, 11) is 1.74. The van der Waals surface area contributed by atoms with Crippen LogP contribution < -0.4 is 0 Å². The number of carbonyl (C=O) groups excluding carboxylic acids is 1. The number of aromatic nitrogens is 1. The molecule has 0 aliphatic heterocycles. The molecule has 1 aliphatic rings. The van der Waals surface area contributed by atoms with Crippen LogP contribution in [0.2, 0.25) is 0 Å². The summed E-state index contributed by atoms with van der Waals surface area (Å²) in [5.41, 5.74) is 1.79. The second-order valence-electron chi connectivity index (χ2n) is 4.95. The quantitative estimate of drug-likeness (QED) is 0.830. The molecule has 0 spiro atoms. The fourth-order valence-electron chi connectivity index (χ4n) is 2.27. The topological polar surface area (TPSA) is 55.6 Å². The van der Waals surface area contributed by atoms with Gasteiger partial charge in [0.25, 0.3) is 0 Å². The van der Waals surface area contributed by atoms with Crippen molar-refractivity contribution in [2.24, 2.45) is 0 Å². The lowest BCUT2D eigenvalue weighted by atomic mass is 10.2. The van der Waals surface area contributed by atoms with Crippen LogP contribution >= 0.6 is 0 Å². The van der Waals surface area contributed by atoms with Gasteiger partial charge in [-0.05, 0) is 39.5 Å². The maximum atomic E-state index is 11.9. The van der Waals surface area contributed by atoms with E-state index in [0.717, 1.165) is 42.7 Å². The molecule has 1 aromatic rings. The first kappa shape index (κ1) is 12.9. The Morgan fingerprint density at radius 2 is 2.11 bits per heavy atom. The largest absolute Gasteiger partial charge is 0.446 e. The SMILES string of the molecule is Cc1noc(C)c1CN(C)C(=O)OC1CCCC1. The minimum atomic E-state index is -0.262. The molecule has 0 unspecified atom stereocenters. The maximum absolute atomic E-state index is 11.9. The van der Waals surface area contributed by atoms with E-state index >= 15 is 0 Å². The molecule has 1 aromatic heterocycles. The number of rotatable bonds is 3. The molecule has 2 rings (SSSR count). The summed E-state index contributed by atoms with van der Waals surface area (Å²) in [4.78, 5) is 13.5. The van der Waals surface area contributed by atoms with Gasteiger partial charge < -0.3 is 14.2 Å². The number of carbonyl (C=O) groups is 1. The average molecular weight is 252 g/mol. The molecular weight excluding hydrogens is 232 g/mol. The zero-order chi connectivity index (χ0) is 13.1. The van der Waals surface area contributed by atoms with Crippen molar-refractivity contribution in [2.75, 3.05) is 7.05 Å². The number of hydrogen-bond donors (Lipinski definition) is 0. The number of hydrogen-bond acceptors (Lipinski definition) is 4. The normalized spacial score (nSPS) is 15.9. The Kier molecular flexibility index (Phi) is 3.89. The molecule has 18 heavy (non-hydrogen) atoms. The number of aryl methyl sites for hydroxylation is 2. The molecule has 1 saturated carbocycles. The third-order valence-corrected chi connectivity index (χ3v) is 3.46. The van der Waals surface area contributed by atoms with Gasteiger partial charge in [-0.25, -0.2) is 4.79 Å². The third-order valence-electron chi connectivity index (χ3n) is 3.46. The van der Waals surface area contributed by atoms with Gasteiger partial charge in [0.1, 0.15) is 11.9 Å². The van der Waals surface area contributed by atoms with E-state index in [1.807, 2.05) is 13.8 Å². The van der Waals surface area contributed by atoms with Crippen molar-refractivity contribution >= 4 is 6.09 Å². The molecular formula is C13H20N2O3. The molecule has 5 heteroatoms. The van der Waals surface area contributed by atoms with Crippen molar-refractivity contribution in [3.8, 4) is 0 Å². The molecule has 0 radical (unpaired) electrons. The Labute approximate surface area is 107 Å². The van der Waals surface area contributed by atoms with Crippen LogP contribution in [0.1, 0.15) is 42.7 Å². The van der Waals surface area contributed by atoms with E-state index in [0.29, 0.717) is 6.54 Å². The first-order valence-electron chi connectivity index (χ1n) is 6.41. The summed E-state index contributed by atoms with van der Waals surface area (Å²) in [6.45, 7) is 4.21.